The van der Waals surface area contributed by atoms with Gasteiger partial charge in [-0.2, -0.15) is 0 Å². The number of imidazole rings is 1. The molecule has 1 saturated heterocycles. The molecule has 2 aromatic carbocycles. The van der Waals surface area contributed by atoms with Crippen molar-refractivity contribution in [3.05, 3.63) is 66.0 Å². The maximum absolute atomic E-state index is 12.5. The minimum atomic E-state index is 0.293. The number of benzene rings is 2. The molecule has 3 aromatic rings. The highest BCUT2D eigenvalue weighted by molar-refractivity contribution is 5.77. The molecule has 140 valence electrons. The molecule has 0 atom stereocenters. The Hall–Kier alpha value is -2.62. The molecule has 1 aromatic heterocycles. The number of fused-ring (bicyclic) bond motifs is 1. The van der Waals surface area contributed by atoms with Crippen molar-refractivity contribution in [1.82, 2.24) is 14.5 Å². The third kappa shape index (κ3) is 4.05. The maximum atomic E-state index is 12.5. The van der Waals surface area contributed by atoms with E-state index in [0.717, 1.165) is 50.2 Å². The quantitative estimate of drug-likeness (QED) is 0.682. The highest BCUT2D eigenvalue weighted by atomic mass is 16.2. The molecule has 1 aliphatic heterocycles. The normalized spacial score (nSPS) is 15.4. The molecule has 0 aliphatic carbocycles. The minimum Gasteiger partial charge on any atom is -0.343 e. The highest BCUT2D eigenvalue weighted by Gasteiger charge is 2.23. The molecule has 1 fully saturated rings. The van der Waals surface area contributed by atoms with E-state index in [1.807, 2.05) is 24.3 Å². The summed E-state index contributed by atoms with van der Waals surface area (Å²) in [6.45, 7) is 4.84. The van der Waals surface area contributed by atoms with Gasteiger partial charge in [-0.05, 0) is 49.8 Å². The molecule has 0 spiro atoms. The second-order valence-corrected chi connectivity index (χ2v) is 7.57. The monoisotopic (exact) mass is 361 g/mol. The Labute approximate surface area is 160 Å². The molecule has 4 rings (SSSR count). The molecule has 0 unspecified atom stereocenters. The number of para-hydroxylation sites is 2. The molecule has 2 heterocycles. The van der Waals surface area contributed by atoms with Gasteiger partial charge in [-0.25, -0.2) is 4.98 Å². The topological polar surface area (TPSA) is 38.1 Å². The molecule has 0 bridgehead atoms. The summed E-state index contributed by atoms with van der Waals surface area (Å²) in [7, 11) is 0. The number of amides is 1. The average molecular weight is 361 g/mol. The Kier molecular flexibility index (Phi) is 5.23. The first-order valence-corrected chi connectivity index (χ1v) is 9.94. The van der Waals surface area contributed by atoms with Gasteiger partial charge in [0.25, 0.3) is 0 Å². The zero-order valence-corrected chi connectivity index (χ0v) is 16.0. The van der Waals surface area contributed by atoms with Gasteiger partial charge in [0.05, 0.1) is 11.0 Å². The summed E-state index contributed by atoms with van der Waals surface area (Å²) in [5.41, 5.74) is 3.53. The fourth-order valence-electron chi connectivity index (χ4n) is 4.10. The van der Waals surface area contributed by atoms with Crippen molar-refractivity contribution in [2.75, 3.05) is 13.1 Å². The lowest BCUT2D eigenvalue weighted by atomic mass is 9.96. The molecule has 4 nitrogen and oxygen atoms in total. The van der Waals surface area contributed by atoms with Crippen LogP contribution in [0.2, 0.25) is 0 Å². The largest absolute Gasteiger partial charge is 0.343 e. The van der Waals surface area contributed by atoms with Crippen LogP contribution >= 0.6 is 0 Å². The Morgan fingerprint density at radius 1 is 1.04 bits per heavy atom. The van der Waals surface area contributed by atoms with Crippen molar-refractivity contribution in [3.8, 4) is 0 Å². The van der Waals surface area contributed by atoms with Gasteiger partial charge >= 0.3 is 0 Å². The van der Waals surface area contributed by atoms with Crippen LogP contribution in [-0.4, -0.2) is 33.4 Å². The summed E-state index contributed by atoms with van der Waals surface area (Å²) in [5.74, 6) is 1.98. The molecule has 4 heteroatoms. The standard InChI is InChI=1S/C23H27N3O/c1-18-24-21-9-5-6-10-22(21)26(18)17-20-13-15-25(16-14-20)23(27)12-11-19-7-3-2-4-8-19/h2-10,20H,11-17H2,1H3. The lowest BCUT2D eigenvalue weighted by Crippen LogP contribution is -2.39. The van der Waals surface area contributed by atoms with Crippen molar-refractivity contribution >= 4 is 16.9 Å². The summed E-state index contributed by atoms with van der Waals surface area (Å²) in [6, 6.07) is 18.6. The van der Waals surface area contributed by atoms with Gasteiger partial charge in [0.1, 0.15) is 5.82 Å². The number of carbonyl (C=O) groups excluding carboxylic acids is 1. The van der Waals surface area contributed by atoms with Crippen molar-refractivity contribution in [2.24, 2.45) is 5.92 Å². The van der Waals surface area contributed by atoms with E-state index in [1.165, 1.54) is 11.1 Å². The first kappa shape index (κ1) is 17.8. The summed E-state index contributed by atoms with van der Waals surface area (Å²) in [5, 5.41) is 0. The third-order valence-corrected chi connectivity index (χ3v) is 5.72. The zero-order chi connectivity index (χ0) is 18.6. The predicted molar refractivity (Wildman–Crippen MR) is 109 cm³/mol. The van der Waals surface area contributed by atoms with E-state index < -0.39 is 0 Å². The molecule has 0 N–H and O–H groups in total. The molecule has 0 radical (unpaired) electrons. The smallest absolute Gasteiger partial charge is 0.222 e. The van der Waals surface area contributed by atoms with Crippen LogP contribution in [0.3, 0.4) is 0 Å². The van der Waals surface area contributed by atoms with E-state index in [4.69, 9.17) is 0 Å². The van der Waals surface area contributed by atoms with Crippen LogP contribution < -0.4 is 0 Å². The SMILES string of the molecule is Cc1nc2ccccc2n1CC1CCN(C(=O)CCc2ccccc2)CC1. The number of likely N-dealkylation sites (tertiary alicyclic amines) is 1. The number of hydrogen-bond donors (Lipinski definition) is 0. The van der Waals surface area contributed by atoms with Crippen LogP contribution in [0.5, 0.6) is 0 Å². The molecular formula is C23H27N3O. The van der Waals surface area contributed by atoms with Crippen LogP contribution in [0.1, 0.15) is 30.7 Å². The van der Waals surface area contributed by atoms with Crippen molar-refractivity contribution in [1.29, 1.82) is 0 Å². The lowest BCUT2D eigenvalue weighted by molar-refractivity contribution is -0.132. The summed E-state index contributed by atoms with van der Waals surface area (Å²) >= 11 is 0. The zero-order valence-electron chi connectivity index (χ0n) is 16.0. The van der Waals surface area contributed by atoms with Crippen LogP contribution in [0, 0.1) is 12.8 Å². The third-order valence-electron chi connectivity index (χ3n) is 5.72. The molecule has 27 heavy (non-hydrogen) atoms. The van der Waals surface area contributed by atoms with Crippen molar-refractivity contribution < 1.29 is 4.79 Å². The van der Waals surface area contributed by atoms with Gasteiger partial charge in [0.15, 0.2) is 0 Å². The van der Waals surface area contributed by atoms with Gasteiger partial charge in [0, 0.05) is 26.1 Å². The minimum absolute atomic E-state index is 0.293. The predicted octanol–water partition coefficient (Wildman–Crippen LogP) is 4.22. The van der Waals surface area contributed by atoms with Crippen molar-refractivity contribution in [3.63, 3.8) is 0 Å². The molecular weight excluding hydrogens is 334 g/mol. The Morgan fingerprint density at radius 3 is 2.52 bits per heavy atom. The number of piperidine rings is 1. The van der Waals surface area contributed by atoms with Gasteiger partial charge in [-0.15, -0.1) is 0 Å². The molecule has 1 aliphatic rings. The average Bonchev–Trinajstić information content (AvgIpc) is 3.03. The maximum Gasteiger partial charge on any atom is 0.222 e. The summed E-state index contributed by atoms with van der Waals surface area (Å²) < 4.78 is 2.34. The second-order valence-electron chi connectivity index (χ2n) is 7.57. The van der Waals surface area contributed by atoms with E-state index in [1.54, 1.807) is 0 Å². The number of aromatic nitrogens is 2. The van der Waals surface area contributed by atoms with E-state index in [0.29, 0.717) is 18.2 Å². The first-order valence-electron chi connectivity index (χ1n) is 9.94. The summed E-state index contributed by atoms with van der Waals surface area (Å²) in [6.07, 6.45) is 3.59. The van der Waals surface area contributed by atoms with Gasteiger partial charge in [-0.3, -0.25) is 4.79 Å². The Morgan fingerprint density at radius 2 is 1.74 bits per heavy atom. The van der Waals surface area contributed by atoms with E-state index in [9.17, 15) is 4.79 Å². The lowest BCUT2D eigenvalue weighted by Gasteiger charge is -2.32. The number of hydrogen-bond acceptors (Lipinski definition) is 2. The number of nitrogens with zero attached hydrogens (tertiary/aromatic N) is 3. The van der Waals surface area contributed by atoms with Crippen LogP contribution in [0.15, 0.2) is 54.6 Å². The number of carbonyl (C=O) groups is 1. The highest BCUT2D eigenvalue weighted by Crippen LogP contribution is 2.24. The van der Waals surface area contributed by atoms with Crippen LogP contribution in [0.4, 0.5) is 0 Å². The Bertz CT molecular complexity index is 908. The van der Waals surface area contributed by atoms with Crippen molar-refractivity contribution in [2.45, 2.75) is 39.2 Å². The van der Waals surface area contributed by atoms with Gasteiger partial charge in [0.2, 0.25) is 5.91 Å². The van der Waals surface area contributed by atoms with Crippen LogP contribution in [0.25, 0.3) is 11.0 Å². The molecule has 1 amide bonds. The van der Waals surface area contributed by atoms with Crippen LogP contribution in [-0.2, 0) is 17.8 Å². The summed E-state index contributed by atoms with van der Waals surface area (Å²) in [4.78, 5) is 19.3. The number of aryl methyl sites for hydroxylation is 2. The van der Waals surface area contributed by atoms with E-state index in [2.05, 4.69) is 51.7 Å². The van der Waals surface area contributed by atoms with E-state index >= 15 is 0 Å². The fourth-order valence-corrected chi connectivity index (χ4v) is 4.10. The van der Waals surface area contributed by atoms with Gasteiger partial charge < -0.3 is 9.47 Å². The fraction of sp³-hybridized carbons (Fsp3) is 0.391. The number of rotatable bonds is 5. The van der Waals surface area contributed by atoms with E-state index in [-0.39, 0.29) is 0 Å². The van der Waals surface area contributed by atoms with Gasteiger partial charge in [-0.1, -0.05) is 42.5 Å². The second kappa shape index (κ2) is 7.95. The Balaban J connectivity index is 1.31. The first-order chi connectivity index (χ1) is 13.2. The molecule has 0 saturated carbocycles.